The van der Waals surface area contributed by atoms with Gasteiger partial charge >= 0.3 is 0 Å². The lowest BCUT2D eigenvalue weighted by atomic mass is 10.2. The molecule has 5 nitrogen and oxygen atoms in total. The average Bonchev–Trinajstić information content (AvgIpc) is 3.22. The number of hydrogen-bond donors (Lipinski definition) is 1. The van der Waals surface area contributed by atoms with Crippen LogP contribution in [-0.4, -0.2) is 21.0 Å². The van der Waals surface area contributed by atoms with Crippen LogP contribution in [0.2, 0.25) is 0 Å². The molecular formula is C18H20N2O3S2. The summed E-state index contributed by atoms with van der Waals surface area (Å²) >= 11 is 3.31. The first-order chi connectivity index (χ1) is 12.0. The number of carbonyl (C=O) groups is 1. The van der Waals surface area contributed by atoms with Crippen molar-refractivity contribution in [3.8, 4) is 16.5 Å². The molecule has 0 aliphatic heterocycles. The fourth-order valence-electron chi connectivity index (χ4n) is 1.93. The number of rotatable bonds is 5. The summed E-state index contributed by atoms with van der Waals surface area (Å²) in [7, 11) is 0. The van der Waals surface area contributed by atoms with E-state index in [1.54, 1.807) is 22.7 Å². The van der Waals surface area contributed by atoms with Crippen LogP contribution in [0.1, 0.15) is 30.1 Å². The molecule has 7 heteroatoms. The van der Waals surface area contributed by atoms with E-state index >= 15 is 0 Å². The molecule has 0 unspecified atom stereocenters. The number of para-hydroxylation sites is 1. The van der Waals surface area contributed by atoms with Crippen LogP contribution in [0.25, 0.3) is 10.7 Å². The fourth-order valence-corrected chi connectivity index (χ4v) is 3.50. The highest BCUT2D eigenvalue weighted by Gasteiger charge is 2.09. The number of hydrogen-bond acceptors (Lipinski definition) is 6. The van der Waals surface area contributed by atoms with Crippen molar-refractivity contribution in [3.05, 3.63) is 51.3 Å². The second-order valence-corrected chi connectivity index (χ2v) is 7.00. The van der Waals surface area contributed by atoms with Crippen molar-refractivity contribution in [2.24, 2.45) is 0 Å². The molecule has 0 fully saturated rings. The molecular weight excluding hydrogens is 356 g/mol. The van der Waals surface area contributed by atoms with Crippen molar-refractivity contribution in [1.29, 1.82) is 0 Å². The van der Waals surface area contributed by atoms with Crippen molar-refractivity contribution in [2.45, 2.75) is 33.8 Å². The smallest absolute Gasteiger partial charge is 0.300 e. The summed E-state index contributed by atoms with van der Waals surface area (Å²) in [6.45, 7) is 5.74. The first-order valence-electron chi connectivity index (χ1n) is 7.76. The minimum Gasteiger partial charge on any atom is -0.487 e. The Morgan fingerprint density at radius 1 is 1.20 bits per heavy atom. The van der Waals surface area contributed by atoms with Gasteiger partial charge in [0, 0.05) is 17.7 Å². The van der Waals surface area contributed by atoms with Gasteiger partial charge in [0.2, 0.25) is 0 Å². The van der Waals surface area contributed by atoms with Gasteiger partial charge in [-0.2, -0.15) is 0 Å². The number of benzene rings is 1. The lowest BCUT2D eigenvalue weighted by Gasteiger charge is -2.06. The van der Waals surface area contributed by atoms with Crippen LogP contribution in [-0.2, 0) is 17.8 Å². The van der Waals surface area contributed by atoms with E-state index in [1.165, 1.54) is 0 Å². The predicted octanol–water partition coefficient (Wildman–Crippen LogP) is 4.81. The van der Waals surface area contributed by atoms with Crippen molar-refractivity contribution in [3.63, 3.8) is 0 Å². The predicted molar refractivity (Wildman–Crippen MR) is 101 cm³/mol. The molecule has 2 heterocycles. The third-order valence-electron chi connectivity index (χ3n) is 3.09. The quantitative estimate of drug-likeness (QED) is 0.692. The van der Waals surface area contributed by atoms with Gasteiger partial charge < -0.3 is 9.84 Å². The third-order valence-corrected chi connectivity index (χ3v) is 5.00. The molecule has 0 radical (unpaired) electrons. The van der Waals surface area contributed by atoms with E-state index in [0.717, 1.165) is 46.1 Å². The summed E-state index contributed by atoms with van der Waals surface area (Å²) in [5, 5.41) is 13.6. The first kappa shape index (κ1) is 19.1. The second-order valence-electron chi connectivity index (χ2n) is 5.20. The normalized spacial score (nSPS) is 10.0. The van der Waals surface area contributed by atoms with Crippen molar-refractivity contribution < 1.29 is 14.6 Å². The van der Waals surface area contributed by atoms with E-state index in [9.17, 15) is 0 Å². The number of ether oxygens (including phenoxy) is 1. The molecule has 0 spiro atoms. The van der Waals surface area contributed by atoms with E-state index in [2.05, 4.69) is 22.3 Å². The van der Waals surface area contributed by atoms with Gasteiger partial charge in [-0.3, -0.25) is 4.79 Å². The molecule has 3 rings (SSSR count). The minimum absolute atomic E-state index is 0.492. The Morgan fingerprint density at radius 2 is 1.92 bits per heavy atom. The molecule has 1 aromatic carbocycles. The van der Waals surface area contributed by atoms with E-state index in [-0.39, 0.29) is 0 Å². The standard InChI is InChI=1S/C16H16N2OS2.C2H4O2/c1-3-15-18-13(10-20-15)16-17-12(9-21-16)8-19-14-7-5-4-6-11(14)2;1-2(3)4/h4-7,9-10H,3,8H2,1-2H3;1H3,(H,3,4). The van der Waals surface area contributed by atoms with Crippen LogP contribution in [0.3, 0.4) is 0 Å². The molecule has 0 amide bonds. The maximum atomic E-state index is 9.00. The summed E-state index contributed by atoms with van der Waals surface area (Å²) in [4.78, 5) is 18.2. The number of aliphatic carboxylic acids is 1. The summed E-state index contributed by atoms with van der Waals surface area (Å²) in [5.41, 5.74) is 3.06. The van der Waals surface area contributed by atoms with Crippen LogP contribution in [0.4, 0.5) is 0 Å². The van der Waals surface area contributed by atoms with Crippen molar-refractivity contribution in [2.75, 3.05) is 0 Å². The Labute approximate surface area is 155 Å². The maximum absolute atomic E-state index is 9.00. The van der Waals surface area contributed by atoms with Gasteiger partial charge in [0.25, 0.3) is 5.97 Å². The highest BCUT2D eigenvalue weighted by molar-refractivity contribution is 7.14. The zero-order valence-corrected chi connectivity index (χ0v) is 16.0. The van der Waals surface area contributed by atoms with Crippen LogP contribution < -0.4 is 4.74 Å². The van der Waals surface area contributed by atoms with Gasteiger partial charge in [-0.05, 0) is 25.0 Å². The fraction of sp³-hybridized carbons (Fsp3) is 0.278. The van der Waals surface area contributed by atoms with Crippen LogP contribution >= 0.6 is 22.7 Å². The number of carboxylic acid groups (broad SMARTS) is 1. The monoisotopic (exact) mass is 376 g/mol. The SMILES string of the molecule is CC(=O)O.CCc1nc(-c2nc(COc3ccccc3C)cs2)cs1. The van der Waals surface area contributed by atoms with E-state index in [4.69, 9.17) is 14.6 Å². The van der Waals surface area contributed by atoms with Gasteiger partial charge in [-0.1, -0.05) is 25.1 Å². The number of aryl methyl sites for hydroxylation is 2. The van der Waals surface area contributed by atoms with Crippen LogP contribution in [0.15, 0.2) is 35.0 Å². The maximum Gasteiger partial charge on any atom is 0.300 e. The zero-order valence-electron chi connectivity index (χ0n) is 14.4. The molecule has 1 N–H and O–H groups in total. The molecule has 0 atom stereocenters. The number of aromatic nitrogens is 2. The number of carboxylic acids is 1. The number of thiazole rings is 2. The Hall–Kier alpha value is -2.25. The topological polar surface area (TPSA) is 72.3 Å². The lowest BCUT2D eigenvalue weighted by molar-refractivity contribution is -0.134. The highest BCUT2D eigenvalue weighted by atomic mass is 32.1. The van der Waals surface area contributed by atoms with Crippen molar-refractivity contribution >= 4 is 28.6 Å². The Kier molecular flexibility index (Phi) is 7.09. The second kappa shape index (κ2) is 9.29. The van der Waals surface area contributed by atoms with E-state index < -0.39 is 5.97 Å². The van der Waals surface area contributed by atoms with Gasteiger partial charge in [0.1, 0.15) is 23.1 Å². The Bertz CT molecular complexity index is 823. The summed E-state index contributed by atoms with van der Waals surface area (Å²) in [6.07, 6.45) is 0.972. The van der Waals surface area contributed by atoms with Crippen LogP contribution in [0, 0.1) is 6.92 Å². The van der Waals surface area contributed by atoms with E-state index in [0.29, 0.717) is 6.61 Å². The van der Waals surface area contributed by atoms with E-state index in [1.807, 2.05) is 36.6 Å². The third kappa shape index (κ3) is 5.95. The summed E-state index contributed by atoms with van der Waals surface area (Å²) in [6, 6.07) is 8.02. The molecule has 2 aromatic heterocycles. The molecule has 0 aliphatic rings. The average molecular weight is 377 g/mol. The molecule has 0 saturated carbocycles. The molecule has 132 valence electrons. The molecule has 0 saturated heterocycles. The van der Waals surface area contributed by atoms with Crippen LogP contribution in [0.5, 0.6) is 5.75 Å². The number of nitrogens with zero attached hydrogens (tertiary/aromatic N) is 2. The molecule has 3 aromatic rings. The molecule has 0 bridgehead atoms. The summed E-state index contributed by atoms with van der Waals surface area (Å²) < 4.78 is 5.82. The highest BCUT2D eigenvalue weighted by Crippen LogP contribution is 2.26. The molecule has 25 heavy (non-hydrogen) atoms. The summed E-state index contributed by atoms with van der Waals surface area (Å²) in [5.74, 6) is 0.0778. The first-order valence-corrected chi connectivity index (χ1v) is 9.52. The lowest BCUT2D eigenvalue weighted by Crippen LogP contribution is -1.97. The largest absolute Gasteiger partial charge is 0.487 e. The Balaban J connectivity index is 0.000000511. The van der Waals surface area contributed by atoms with Crippen molar-refractivity contribution in [1.82, 2.24) is 9.97 Å². The minimum atomic E-state index is -0.833. The molecule has 0 aliphatic carbocycles. The zero-order chi connectivity index (χ0) is 18.2. The van der Waals surface area contributed by atoms with Gasteiger partial charge in [-0.15, -0.1) is 22.7 Å². The van der Waals surface area contributed by atoms with Gasteiger partial charge in [0.05, 0.1) is 10.7 Å². The van der Waals surface area contributed by atoms with Gasteiger partial charge in [-0.25, -0.2) is 9.97 Å². The Morgan fingerprint density at radius 3 is 2.56 bits per heavy atom. The van der Waals surface area contributed by atoms with Gasteiger partial charge in [0.15, 0.2) is 0 Å².